The lowest BCUT2D eigenvalue weighted by Gasteiger charge is -2.17. The van der Waals surface area contributed by atoms with Crippen molar-refractivity contribution in [1.82, 2.24) is 15.5 Å². The molecule has 0 unspecified atom stereocenters. The molecule has 0 aliphatic heterocycles. The lowest BCUT2D eigenvalue weighted by molar-refractivity contribution is 0.0827. The molecule has 0 aromatic heterocycles. The van der Waals surface area contributed by atoms with E-state index < -0.39 is 0 Å². The number of aliphatic imine (C=N–C) groups is 1. The van der Waals surface area contributed by atoms with Crippen LogP contribution in [0.3, 0.4) is 0 Å². The van der Waals surface area contributed by atoms with Gasteiger partial charge in [0.25, 0.3) is 5.91 Å². The first-order valence-corrected chi connectivity index (χ1v) is 8.76. The summed E-state index contributed by atoms with van der Waals surface area (Å²) in [5.41, 5.74) is 1.87. The van der Waals surface area contributed by atoms with Gasteiger partial charge in [-0.05, 0) is 30.0 Å². The van der Waals surface area contributed by atoms with Gasteiger partial charge in [-0.25, -0.2) is 0 Å². The molecule has 0 spiro atoms. The van der Waals surface area contributed by atoms with Crippen LogP contribution in [0, 0.1) is 5.92 Å². The molecule has 1 amide bonds. The maximum Gasteiger partial charge on any atom is 0.253 e. The Bertz CT molecular complexity index is 542. The zero-order valence-corrected chi connectivity index (χ0v) is 18.5. The quantitative estimate of drug-likeness (QED) is 0.356. The standard InChI is InChI=1S/C19H32N4O.HI/c1-6-15(7-2)14-22-19(20-3)21-12-11-16-9-8-10-17(13-16)18(24)23(4)5;/h8-10,13,15H,6-7,11-12,14H2,1-5H3,(H2,20,21,22);1H. The van der Waals surface area contributed by atoms with Gasteiger partial charge in [-0.3, -0.25) is 9.79 Å². The van der Waals surface area contributed by atoms with Crippen molar-refractivity contribution in [2.75, 3.05) is 34.2 Å². The van der Waals surface area contributed by atoms with Gasteiger partial charge in [-0.15, -0.1) is 24.0 Å². The lowest BCUT2D eigenvalue weighted by Crippen LogP contribution is -2.40. The van der Waals surface area contributed by atoms with E-state index in [1.165, 1.54) is 12.8 Å². The minimum atomic E-state index is 0. The van der Waals surface area contributed by atoms with Gasteiger partial charge in [0, 0.05) is 39.8 Å². The van der Waals surface area contributed by atoms with E-state index in [1.807, 2.05) is 18.2 Å². The van der Waals surface area contributed by atoms with Crippen LogP contribution in [-0.2, 0) is 6.42 Å². The Morgan fingerprint density at radius 1 is 1.20 bits per heavy atom. The topological polar surface area (TPSA) is 56.7 Å². The highest BCUT2D eigenvalue weighted by molar-refractivity contribution is 14.0. The van der Waals surface area contributed by atoms with Crippen LogP contribution in [0.2, 0.25) is 0 Å². The number of guanidine groups is 1. The Kier molecular flexibility index (Phi) is 12.3. The molecule has 5 nitrogen and oxygen atoms in total. The van der Waals surface area contributed by atoms with Crippen molar-refractivity contribution in [3.63, 3.8) is 0 Å². The molecule has 6 heteroatoms. The first-order valence-electron chi connectivity index (χ1n) is 8.76. The van der Waals surface area contributed by atoms with E-state index in [-0.39, 0.29) is 29.9 Å². The molecule has 0 saturated heterocycles. The molecule has 0 atom stereocenters. The van der Waals surface area contributed by atoms with Crippen molar-refractivity contribution in [1.29, 1.82) is 0 Å². The van der Waals surface area contributed by atoms with E-state index in [9.17, 15) is 4.79 Å². The van der Waals surface area contributed by atoms with E-state index >= 15 is 0 Å². The number of hydrogen-bond donors (Lipinski definition) is 2. The molecule has 0 fully saturated rings. The van der Waals surface area contributed by atoms with E-state index in [4.69, 9.17) is 0 Å². The third-order valence-electron chi connectivity index (χ3n) is 4.22. The Morgan fingerprint density at radius 2 is 1.88 bits per heavy atom. The summed E-state index contributed by atoms with van der Waals surface area (Å²) in [4.78, 5) is 17.9. The smallest absolute Gasteiger partial charge is 0.253 e. The SMILES string of the molecule is CCC(CC)CNC(=NC)NCCc1cccc(C(=O)N(C)C)c1.I. The first kappa shape index (κ1) is 23.7. The monoisotopic (exact) mass is 460 g/mol. The Balaban J connectivity index is 0.00000576. The van der Waals surface area contributed by atoms with Crippen LogP contribution in [0.1, 0.15) is 42.6 Å². The maximum absolute atomic E-state index is 12.0. The maximum atomic E-state index is 12.0. The van der Waals surface area contributed by atoms with Gasteiger partial charge in [0.15, 0.2) is 5.96 Å². The number of nitrogens with one attached hydrogen (secondary N) is 2. The number of amides is 1. The number of rotatable bonds is 8. The van der Waals surface area contributed by atoms with E-state index in [0.29, 0.717) is 5.92 Å². The normalized spacial score (nSPS) is 11.0. The number of nitrogens with zero attached hydrogens (tertiary/aromatic N) is 2. The van der Waals surface area contributed by atoms with Crippen LogP contribution in [0.15, 0.2) is 29.3 Å². The molecule has 0 saturated carbocycles. The molecule has 1 rings (SSSR count). The zero-order chi connectivity index (χ0) is 17.9. The van der Waals surface area contributed by atoms with E-state index in [0.717, 1.165) is 36.6 Å². The lowest BCUT2D eigenvalue weighted by atomic mass is 10.0. The molecular weight excluding hydrogens is 427 g/mol. The van der Waals surface area contributed by atoms with Crippen molar-refractivity contribution in [2.24, 2.45) is 10.9 Å². The number of hydrogen-bond acceptors (Lipinski definition) is 2. The number of carbonyl (C=O) groups is 1. The van der Waals surface area contributed by atoms with Crippen molar-refractivity contribution in [3.05, 3.63) is 35.4 Å². The van der Waals surface area contributed by atoms with Crippen LogP contribution in [0.25, 0.3) is 0 Å². The third-order valence-corrected chi connectivity index (χ3v) is 4.22. The summed E-state index contributed by atoms with van der Waals surface area (Å²) >= 11 is 0. The highest BCUT2D eigenvalue weighted by atomic mass is 127. The Morgan fingerprint density at radius 3 is 2.44 bits per heavy atom. The largest absolute Gasteiger partial charge is 0.356 e. The summed E-state index contributed by atoms with van der Waals surface area (Å²) in [5, 5.41) is 6.72. The minimum absolute atomic E-state index is 0. The van der Waals surface area contributed by atoms with Crippen LogP contribution < -0.4 is 10.6 Å². The Hall–Kier alpha value is -1.31. The summed E-state index contributed by atoms with van der Waals surface area (Å²) in [6.07, 6.45) is 3.20. The summed E-state index contributed by atoms with van der Waals surface area (Å²) in [5.74, 6) is 1.55. The highest BCUT2D eigenvalue weighted by Crippen LogP contribution is 2.08. The molecule has 0 radical (unpaired) electrons. The van der Waals surface area contributed by atoms with Crippen molar-refractivity contribution in [3.8, 4) is 0 Å². The second-order valence-electron chi connectivity index (χ2n) is 6.21. The number of halogens is 1. The zero-order valence-electron chi connectivity index (χ0n) is 16.1. The fraction of sp³-hybridized carbons (Fsp3) is 0.579. The summed E-state index contributed by atoms with van der Waals surface area (Å²) in [6.45, 7) is 6.16. The molecule has 1 aromatic carbocycles. The highest BCUT2D eigenvalue weighted by Gasteiger charge is 2.08. The molecular formula is C19H33IN4O. The summed E-state index contributed by atoms with van der Waals surface area (Å²) < 4.78 is 0. The van der Waals surface area contributed by atoms with Gasteiger partial charge < -0.3 is 15.5 Å². The average molecular weight is 460 g/mol. The van der Waals surface area contributed by atoms with Crippen molar-refractivity contribution < 1.29 is 4.79 Å². The molecule has 0 aliphatic rings. The number of carbonyl (C=O) groups excluding carboxylic acids is 1. The predicted octanol–water partition coefficient (Wildman–Crippen LogP) is 3.15. The molecule has 142 valence electrons. The second kappa shape index (κ2) is 13.0. The van der Waals surface area contributed by atoms with E-state index in [1.54, 1.807) is 26.0 Å². The fourth-order valence-electron chi connectivity index (χ4n) is 2.48. The number of benzene rings is 1. The average Bonchev–Trinajstić information content (AvgIpc) is 2.60. The van der Waals surface area contributed by atoms with Crippen LogP contribution in [0.4, 0.5) is 0 Å². The summed E-state index contributed by atoms with van der Waals surface area (Å²) in [6, 6.07) is 7.81. The van der Waals surface area contributed by atoms with Crippen molar-refractivity contribution >= 4 is 35.8 Å². The molecule has 2 N–H and O–H groups in total. The summed E-state index contributed by atoms with van der Waals surface area (Å²) in [7, 11) is 5.33. The minimum Gasteiger partial charge on any atom is -0.356 e. The third kappa shape index (κ3) is 8.56. The van der Waals surface area contributed by atoms with Crippen LogP contribution in [0.5, 0.6) is 0 Å². The molecule has 0 heterocycles. The van der Waals surface area contributed by atoms with Gasteiger partial charge in [0.05, 0.1) is 0 Å². The van der Waals surface area contributed by atoms with Gasteiger partial charge in [-0.1, -0.05) is 38.8 Å². The van der Waals surface area contributed by atoms with Crippen molar-refractivity contribution in [2.45, 2.75) is 33.1 Å². The second-order valence-corrected chi connectivity index (χ2v) is 6.21. The first-order chi connectivity index (χ1) is 11.5. The van der Waals surface area contributed by atoms with Crippen LogP contribution in [-0.4, -0.2) is 51.0 Å². The van der Waals surface area contributed by atoms with Gasteiger partial charge >= 0.3 is 0 Å². The molecule has 0 bridgehead atoms. The van der Waals surface area contributed by atoms with Gasteiger partial charge in [0.2, 0.25) is 0 Å². The van der Waals surface area contributed by atoms with Gasteiger partial charge in [-0.2, -0.15) is 0 Å². The van der Waals surface area contributed by atoms with Gasteiger partial charge in [0.1, 0.15) is 0 Å². The Labute approximate surface area is 169 Å². The fourth-order valence-corrected chi connectivity index (χ4v) is 2.48. The molecule has 25 heavy (non-hydrogen) atoms. The van der Waals surface area contributed by atoms with E-state index in [2.05, 4.69) is 35.5 Å². The predicted molar refractivity (Wildman–Crippen MR) is 117 cm³/mol. The molecule has 0 aliphatic carbocycles. The van der Waals surface area contributed by atoms with Crippen LogP contribution >= 0.6 is 24.0 Å². The molecule has 1 aromatic rings.